The van der Waals surface area contributed by atoms with Crippen molar-refractivity contribution in [3.63, 3.8) is 0 Å². The minimum atomic E-state index is -1.30. The van der Waals surface area contributed by atoms with E-state index in [-0.39, 0.29) is 6.10 Å². The number of ether oxygens (including phenoxy) is 6. The SMILES string of the molecule is C=CC[C@@H](OC(=O)C=C)[C@@]12O[C@H]3COC(C)(C)O[C@H]3[C@@H]1OC(C)(C)O2. The summed E-state index contributed by atoms with van der Waals surface area (Å²) in [7, 11) is 0. The van der Waals surface area contributed by atoms with Crippen LogP contribution in [0.3, 0.4) is 0 Å². The topological polar surface area (TPSA) is 72.5 Å². The predicted molar refractivity (Wildman–Crippen MR) is 87.4 cm³/mol. The van der Waals surface area contributed by atoms with Gasteiger partial charge in [-0.25, -0.2) is 4.79 Å². The molecule has 3 aliphatic heterocycles. The molecule has 0 aromatic heterocycles. The molecule has 7 heteroatoms. The lowest BCUT2D eigenvalue weighted by molar-refractivity contribution is -0.336. The van der Waals surface area contributed by atoms with Crippen LogP contribution < -0.4 is 0 Å². The first kappa shape index (κ1) is 18.5. The molecule has 0 radical (unpaired) electrons. The van der Waals surface area contributed by atoms with Crippen LogP contribution in [0.15, 0.2) is 25.3 Å². The fourth-order valence-electron chi connectivity index (χ4n) is 3.61. The monoisotopic (exact) mass is 354 g/mol. The van der Waals surface area contributed by atoms with Crippen LogP contribution in [-0.4, -0.2) is 54.4 Å². The number of carbonyl (C=O) groups is 1. The molecule has 7 nitrogen and oxygen atoms in total. The summed E-state index contributed by atoms with van der Waals surface area (Å²) in [4.78, 5) is 11.8. The Labute approximate surface area is 147 Å². The number of hydrogen-bond donors (Lipinski definition) is 0. The minimum absolute atomic E-state index is 0.333. The van der Waals surface area contributed by atoms with Gasteiger partial charge in [0, 0.05) is 12.5 Å². The standard InChI is InChI=1S/C18H26O7/c1-7-9-12(21-13(19)8-2)18-15(24-17(5,6)25-18)14-11(22-18)10-20-16(3,4)23-14/h7-8,11-12,14-15H,1-2,9-10H2,3-6H3/t11-,12+,14+,15-,18-/m0/s1. The number of hydrogen-bond acceptors (Lipinski definition) is 7. The molecule has 0 bridgehead atoms. The molecule has 0 saturated carbocycles. The number of fused-ring (bicyclic) bond motifs is 3. The largest absolute Gasteiger partial charge is 0.453 e. The first-order chi connectivity index (χ1) is 11.6. The zero-order chi connectivity index (χ0) is 18.5. The highest BCUT2D eigenvalue weighted by atomic mass is 16.9. The van der Waals surface area contributed by atoms with Gasteiger partial charge in [-0.3, -0.25) is 0 Å². The van der Waals surface area contributed by atoms with Gasteiger partial charge in [-0.05, 0) is 27.7 Å². The van der Waals surface area contributed by atoms with E-state index in [0.29, 0.717) is 13.0 Å². The lowest BCUT2D eigenvalue weighted by Gasteiger charge is -2.38. The van der Waals surface area contributed by atoms with Gasteiger partial charge in [-0.1, -0.05) is 12.7 Å². The first-order valence-electron chi connectivity index (χ1n) is 8.44. The summed E-state index contributed by atoms with van der Waals surface area (Å²) in [6.07, 6.45) is 0.975. The molecule has 3 saturated heterocycles. The molecular weight excluding hydrogens is 328 g/mol. The van der Waals surface area contributed by atoms with Gasteiger partial charge in [0.2, 0.25) is 5.79 Å². The van der Waals surface area contributed by atoms with Gasteiger partial charge in [0.15, 0.2) is 17.7 Å². The fourth-order valence-corrected chi connectivity index (χ4v) is 3.61. The summed E-state index contributed by atoms with van der Waals surface area (Å²) in [6, 6.07) is 0. The molecular formula is C18H26O7. The zero-order valence-corrected chi connectivity index (χ0v) is 15.2. The molecule has 0 spiro atoms. The molecule has 0 N–H and O–H groups in total. The molecule has 140 valence electrons. The average molecular weight is 354 g/mol. The van der Waals surface area contributed by atoms with Crippen molar-refractivity contribution in [1.29, 1.82) is 0 Å². The Morgan fingerprint density at radius 1 is 1.20 bits per heavy atom. The second-order valence-electron chi connectivity index (χ2n) is 7.37. The quantitative estimate of drug-likeness (QED) is 0.425. The maximum atomic E-state index is 11.8. The molecule has 5 atom stereocenters. The molecule has 0 aromatic carbocycles. The van der Waals surface area contributed by atoms with E-state index in [1.54, 1.807) is 19.9 Å². The first-order valence-corrected chi connectivity index (χ1v) is 8.44. The van der Waals surface area contributed by atoms with Crippen LogP contribution >= 0.6 is 0 Å². The number of esters is 1. The summed E-state index contributed by atoms with van der Waals surface area (Å²) in [5.74, 6) is -3.54. The van der Waals surface area contributed by atoms with Crippen molar-refractivity contribution in [3.05, 3.63) is 25.3 Å². The third kappa shape index (κ3) is 3.27. The minimum Gasteiger partial charge on any atom is -0.453 e. The molecule has 3 heterocycles. The Morgan fingerprint density at radius 3 is 2.56 bits per heavy atom. The zero-order valence-electron chi connectivity index (χ0n) is 15.2. The number of carbonyl (C=O) groups excluding carboxylic acids is 1. The maximum Gasteiger partial charge on any atom is 0.330 e. The third-order valence-electron chi connectivity index (χ3n) is 4.48. The van der Waals surface area contributed by atoms with Crippen molar-refractivity contribution < 1.29 is 33.2 Å². The Balaban J connectivity index is 1.96. The lowest BCUT2D eigenvalue weighted by atomic mass is 9.97. The summed E-state index contributed by atoms with van der Waals surface area (Å²) in [5, 5.41) is 0. The summed E-state index contributed by atoms with van der Waals surface area (Å²) >= 11 is 0. The van der Waals surface area contributed by atoms with E-state index in [1.165, 1.54) is 0 Å². The maximum absolute atomic E-state index is 11.8. The van der Waals surface area contributed by atoms with Crippen LogP contribution in [0, 0.1) is 0 Å². The predicted octanol–water partition coefficient (Wildman–Crippen LogP) is 2.06. The van der Waals surface area contributed by atoms with Gasteiger partial charge in [0.25, 0.3) is 0 Å². The Bertz CT molecular complexity index is 570. The van der Waals surface area contributed by atoms with E-state index >= 15 is 0 Å². The van der Waals surface area contributed by atoms with Crippen LogP contribution in [0.5, 0.6) is 0 Å². The normalized spacial score (nSPS) is 39.1. The third-order valence-corrected chi connectivity index (χ3v) is 4.48. The smallest absolute Gasteiger partial charge is 0.330 e. The van der Waals surface area contributed by atoms with Crippen molar-refractivity contribution in [3.8, 4) is 0 Å². The van der Waals surface area contributed by atoms with E-state index in [4.69, 9.17) is 28.4 Å². The molecule has 0 amide bonds. The van der Waals surface area contributed by atoms with Crippen molar-refractivity contribution in [2.45, 2.75) is 75.9 Å². The molecule has 0 aromatic rings. The Kier molecular flexibility index (Phi) is 4.58. The highest BCUT2D eigenvalue weighted by molar-refractivity contribution is 5.81. The van der Waals surface area contributed by atoms with E-state index in [1.807, 2.05) is 13.8 Å². The summed E-state index contributed by atoms with van der Waals surface area (Å²) in [6.45, 7) is 14.8. The average Bonchev–Trinajstić information content (AvgIpc) is 2.94. The summed E-state index contributed by atoms with van der Waals surface area (Å²) in [5.41, 5.74) is 0. The van der Waals surface area contributed by atoms with E-state index in [0.717, 1.165) is 6.08 Å². The molecule has 25 heavy (non-hydrogen) atoms. The van der Waals surface area contributed by atoms with Crippen LogP contribution in [0.1, 0.15) is 34.1 Å². The van der Waals surface area contributed by atoms with Crippen LogP contribution in [0.25, 0.3) is 0 Å². The fraction of sp³-hybridized carbons (Fsp3) is 0.722. The van der Waals surface area contributed by atoms with E-state index in [2.05, 4.69) is 13.2 Å². The highest BCUT2D eigenvalue weighted by Gasteiger charge is 2.70. The van der Waals surface area contributed by atoms with Crippen LogP contribution in [0.2, 0.25) is 0 Å². The number of rotatable bonds is 5. The van der Waals surface area contributed by atoms with Crippen molar-refractivity contribution >= 4 is 5.97 Å². The van der Waals surface area contributed by atoms with Gasteiger partial charge < -0.3 is 28.4 Å². The second-order valence-corrected chi connectivity index (χ2v) is 7.37. The van der Waals surface area contributed by atoms with Crippen LogP contribution in [0.4, 0.5) is 0 Å². The highest BCUT2D eigenvalue weighted by Crippen LogP contribution is 2.51. The molecule has 0 aliphatic carbocycles. The van der Waals surface area contributed by atoms with Gasteiger partial charge in [-0.2, -0.15) is 0 Å². The Hall–Kier alpha value is -1.25. The van der Waals surface area contributed by atoms with Gasteiger partial charge in [0.05, 0.1) is 6.61 Å². The molecule has 3 aliphatic rings. The second kappa shape index (κ2) is 6.17. The van der Waals surface area contributed by atoms with E-state index < -0.39 is 41.6 Å². The molecule has 0 unspecified atom stereocenters. The van der Waals surface area contributed by atoms with Gasteiger partial charge >= 0.3 is 5.97 Å². The Morgan fingerprint density at radius 2 is 1.92 bits per heavy atom. The molecule has 3 rings (SSSR count). The van der Waals surface area contributed by atoms with Gasteiger partial charge in [-0.15, -0.1) is 6.58 Å². The van der Waals surface area contributed by atoms with E-state index in [9.17, 15) is 4.79 Å². The van der Waals surface area contributed by atoms with Crippen molar-refractivity contribution in [2.75, 3.05) is 6.61 Å². The van der Waals surface area contributed by atoms with Crippen molar-refractivity contribution in [2.24, 2.45) is 0 Å². The summed E-state index contributed by atoms with van der Waals surface area (Å²) < 4.78 is 35.7. The van der Waals surface area contributed by atoms with Crippen molar-refractivity contribution in [1.82, 2.24) is 0 Å². The molecule has 3 fully saturated rings. The lowest BCUT2D eigenvalue weighted by Crippen LogP contribution is -2.54. The van der Waals surface area contributed by atoms with Gasteiger partial charge in [0.1, 0.15) is 18.3 Å². The van der Waals surface area contributed by atoms with Crippen LogP contribution in [-0.2, 0) is 33.2 Å².